The topological polar surface area (TPSA) is 3.88 Å². The van der Waals surface area contributed by atoms with Crippen molar-refractivity contribution in [2.45, 2.75) is 6.92 Å². The van der Waals surface area contributed by atoms with E-state index in [1.54, 1.807) is 0 Å². The number of hydrogen-bond acceptors (Lipinski definition) is 0. The fourth-order valence-electron chi connectivity index (χ4n) is 1.42. The average molecular weight is 192 g/mol. The van der Waals surface area contributed by atoms with E-state index in [9.17, 15) is 4.39 Å². The molecule has 2 rings (SSSR count). The zero-order valence-electron chi connectivity index (χ0n) is 8.79. The van der Waals surface area contributed by atoms with Crippen molar-refractivity contribution < 1.29 is 8.96 Å². The van der Waals surface area contributed by atoms with Crippen molar-refractivity contribution in [3.8, 4) is 0 Å². The van der Waals surface area contributed by atoms with Gasteiger partial charge in [0.1, 0.15) is 7.05 Å². The number of aryl methyl sites for hydroxylation is 2. The molecule has 0 fully saturated rings. The Morgan fingerprint density at radius 2 is 1.79 bits per heavy atom. The number of fused-ring (bicyclic) bond motifs is 1. The lowest BCUT2D eigenvalue weighted by atomic mass is 10.1. The van der Waals surface area contributed by atoms with E-state index in [1.165, 1.54) is 16.3 Å². The second kappa shape index (κ2) is 4.70. The van der Waals surface area contributed by atoms with Gasteiger partial charge < -0.3 is 0 Å². The zero-order valence-corrected chi connectivity index (χ0v) is 8.79. The van der Waals surface area contributed by atoms with Crippen molar-refractivity contribution in [3.63, 3.8) is 0 Å². The highest BCUT2D eigenvalue weighted by Gasteiger charge is 1.97. The summed E-state index contributed by atoms with van der Waals surface area (Å²) >= 11 is 0. The molecule has 0 aliphatic rings. The summed E-state index contributed by atoms with van der Waals surface area (Å²) in [5.74, 6) is 0. The van der Waals surface area contributed by atoms with Crippen LogP contribution in [0.1, 0.15) is 5.56 Å². The molecule has 0 saturated heterocycles. The Morgan fingerprint density at radius 1 is 1.07 bits per heavy atom. The third-order valence-electron chi connectivity index (χ3n) is 2.07. The Morgan fingerprint density at radius 3 is 2.50 bits per heavy atom. The maximum absolute atomic E-state index is 9.50. The van der Waals surface area contributed by atoms with Gasteiger partial charge in [0.2, 0.25) is 0 Å². The van der Waals surface area contributed by atoms with Gasteiger partial charge in [-0.05, 0) is 18.4 Å². The standard InChI is InChI=1S/C11H12N.CH3F/c1-9-3-4-10-5-6-12(2)8-11(10)7-9;1-2/h3-8H,1-2H3;1H3/q+1;. The Hall–Kier alpha value is -1.44. The molecule has 1 aromatic heterocycles. The highest BCUT2D eigenvalue weighted by atomic mass is 19.1. The summed E-state index contributed by atoms with van der Waals surface area (Å²) in [5.41, 5.74) is 1.31. The molecule has 0 bridgehead atoms. The van der Waals surface area contributed by atoms with Crippen molar-refractivity contribution >= 4 is 10.8 Å². The lowest BCUT2D eigenvalue weighted by Crippen LogP contribution is -2.25. The quantitative estimate of drug-likeness (QED) is 0.565. The molecule has 0 atom stereocenters. The maximum atomic E-state index is 9.50. The molecule has 1 heterocycles. The molecule has 2 aromatic rings. The normalized spacial score (nSPS) is 9.43. The molecule has 0 saturated carbocycles. The smallest absolute Gasteiger partial charge is 0.176 e. The van der Waals surface area contributed by atoms with E-state index in [0.717, 1.165) is 0 Å². The van der Waals surface area contributed by atoms with Gasteiger partial charge >= 0.3 is 0 Å². The first-order valence-electron chi connectivity index (χ1n) is 4.49. The van der Waals surface area contributed by atoms with Crippen LogP contribution in [0.25, 0.3) is 10.8 Å². The Balaban J connectivity index is 0.000000461. The Kier molecular flexibility index (Phi) is 3.57. The number of hydrogen-bond donors (Lipinski definition) is 0. The van der Waals surface area contributed by atoms with Crippen LogP contribution < -0.4 is 4.57 Å². The fourth-order valence-corrected chi connectivity index (χ4v) is 1.42. The molecule has 74 valence electrons. The highest BCUT2D eigenvalue weighted by Crippen LogP contribution is 2.12. The van der Waals surface area contributed by atoms with Gasteiger partial charge in [-0.25, -0.2) is 4.57 Å². The summed E-state index contributed by atoms with van der Waals surface area (Å²) in [6.45, 7) is 2.12. The molecule has 0 amide bonds. The number of benzene rings is 1. The van der Waals surface area contributed by atoms with Gasteiger partial charge in [0.15, 0.2) is 12.4 Å². The van der Waals surface area contributed by atoms with Crippen LogP contribution in [-0.2, 0) is 7.05 Å². The van der Waals surface area contributed by atoms with Crippen LogP contribution >= 0.6 is 0 Å². The van der Waals surface area contributed by atoms with E-state index in [2.05, 4.69) is 48.1 Å². The summed E-state index contributed by atoms with van der Waals surface area (Å²) < 4.78 is 11.6. The molecule has 1 aromatic carbocycles. The maximum Gasteiger partial charge on any atom is 0.176 e. The van der Waals surface area contributed by atoms with E-state index in [-0.39, 0.29) is 0 Å². The van der Waals surface area contributed by atoms with Gasteiger partial charge in [-0.3, -0.25) is 4.39 Å². The first-order valence-corrected chi connectivity index (χ1v) is 4.49. The first-order chi connectivity index (χ1) is 6.75. The summed E-state index contributed by atoms with van der Waals surface area (Å²) in [6.07, 6.45) is 4.21. The van der Waals surface area contributed by atoms with Crippen LogP contribution in [0.15, 0.2) is 36.7 Å². The number of halogens is 1. The lowest BCUT2D eigenvalue weighted by Gasteiger charge is -1.96. The third-order valence-corrected chi connectivity index (χ3v) is 2.07. The van der Waals surface area contributed by atoms with Crippen molar-refractivity contribution in [2.75, 3.05) is 7.18 Å². The number of rotatable bonds is 0. The number of alkyl halides is 1. The predicted octanol–water partition coefficient (Wildman–Crippen LogP) is 2.56. The number of nitrogens with zero attached hydrogens (tertiary/aromatic N) is 1. The van der Waals surface area contributed by atoms with Crippen LogP contribution in [0.5, 0.6) is 0 Å². The van der Waals surface area contributed by atoms with Crippen LogP contribution in [0.2, 0.25) is 0 Å². The van der Waals surface area contributed by atoms with E-state index in [0.29, 0.717) is 7.18 Å². The fraction of sp³-hybridized carbons (Fsp3) is 0.250. The minimum absolute atomic E-state index is 0.500. The van der Waals surface area contributed by atoms with E-state index in [1.807, 2.05) is 7.05 Å². The average Bonchev–Trinajstić information content (AvgIpc) is 2.20. The Labute approximate surface area is 83.8 Å². The van der Waals surface area contributed by atoms with E-state index >= 15 is 0 Å². The molecule has 14 heavy (non-hydrogen) atoms. The minimum Gasteiger partial charge on any atom is -0.255 e. The van der Waals surface area contributed by atoms with Gasteiger partial charge in [-0.2, -0.15) is 0 Å². The summed E-state index contributed by atoms with van der Waals surface area (Å²) in [6, 6.07) is 8.64. The number of aromatic nitrogens is 1. The van der Waals surface area contributed by atoms with Gasteiger partial charge in [-0.1, -0.05) is 17.7 Å². The molecule has 0 N–H and O–H groups in total. The highest BCUT2D eigenvalue weighted by molar-refractivity contribution is 5.81. The summed E-state index contributed by atoms with van der Waals surface area (Å²) in [4.78, 5) is 0. The summed E-state index contributed by atoms with van der Waals surface area (Å²) in [5, 5.41) is 2.61. The zero-order chi connectivity index (χ0) is 10.6. The third kappa shape index (κ3) is 2.28. The largest absolute Gasteiger partial charge is 0.255 e. The molecule has 0 aliphatic heterocycles. The SMILES string of the molecule is CF.Cc1ccc2cc[n+](C)cc2c1. The molecule has 0 radical (unpaired) electrons. The van der Waals surface area contributed by atoms with Crippen molar-refractivity contribution in [1.82, 2.24) is 0 Å². The van der Waals surface area contributed by atoms with Gasteiger partial charge in [-0.15, -0.1) is 0 Å². The molecule has 0 unspecified atom stereocenters. The van der Waals surface area contributed by atoms with Crippen molar-refractivity contribution in [3.05, 3.63) is 42.2 Å². The summed E-state index contributed by atoms with van der Waals surface area (Å²) in [7, 11) is 2.54. The van der Waals surface area contributed by atoms with Crippen LogP contribution in [-0.4, -0.2) is 7.18 Å². The van der Waals surface area contributed by atoms with Gasteiger partial charge in [0, 0.05) is 11.5 Å². The minimum atomic E-state index is 0.500. The predicted molar refractivity (Wildman–Crippen MR) is 56.9 cm³/mol. The lowest BCUT2D eigenvalue weighted by molar-refractivity contribution is -0.670. The van der Waals surface area contributed by atoms with Crippen LogP contribution in [0, 0.1) is 6.92 Å². The monoisotopic (exact) mass is 192 g/mol. The van der Waals surface area contributed by atoms with Crippen LogP contribution in [0.3, 0.4) is 0 Å². The second-order valence-electron chi connectivity index (χ2n) is 3.24. The van der Waals surface area contributed by atoms with Crippen molar-refractivity contribution in [2.24, 2.45) is 7.05 Å². The molecule has 0 spiro atoms. The molecular weight excluding hydrogens is 177 g/mol. The van der Waals surface area contributed by atoms with Gasteiger partial charge in [0.05, 0.1) is 7.18 Å². The number of pyridine rings is 1. The van der Waals surface area contributed by atoms with Crippen molar-refractivity contribution in [1.29, 1.82) is 0 Å². The molecule has 0 aliphatic carbocycles. The van der Waals surface area contributed by atoms with Gasteiger partial charge in [0.25, 0.3) is 0 Å². The van der Waals surface area contributed by atoms with E-state index < -0.39 is 0 Å². The van der Waals surface area contributed by atoms with E-state index in [4.69, 9.17) is 0 Å². The molecule has 2 heteroatoms. The molecule has 1 nitrogen and oxygen atoms in total. The van der Waals surface area contributed by atoms with Crippen LogP contribution in [0.4, 0.5) is 4.39 Å². The first kappa shape index (κ1) is 10.6. The second-order valence-corrected chi connectivity index (χ2v) is 3.24. The molecular formula is C12H15FN+. The Bertz CT molecular complexity index is 387.